The maximum Gasteiger partial charge on any atom is 0.349 e. The molecular weight excluding hydrogens is 200 g/mol. The van der Waals surface area contributed by atoms with Crippen LogP contribution in [0.1, 0.15) is 32.4 Å². The van der Waals surface area contributed by atoms with E-state index in [-0.39, 0.29) is 16.7 Å². The Morgan fingerprint density at radius 2 is 2.20 bits per heavy atom. The van der Waals surface area contributed by atoms with Crippen molar-refractivity contribution in [2.24, 2.45) is 0 Å². The molecule has 15 heavy (non-hydrogen) atoms. The predicted molar refractivity (Wildman–Crippen MR) is 47.6 cm³/mol. The van der Waals surface area contributed by atoms with Gasteiger partial charge in [-0.15, -0.1) is 0 Å². The maximum absolute atomic E-state index is 11.2. The van der Waals surface area contributed by atoms with Gasteiger partial charge in [-0.25, -0.2) is 9.59 Å². The lowest BCUT2D eigenvalue weighted by Gasteiger charge is -2.05. The second kappa shape index (κ2) is 3.20. The van der Waals surface area contributed by atoms with Gasteiger partial charge in [0.1, 0.15) is 0 Å². The van der Waals surface area contributed by atoms with Crippen molar-refractivity contribution < 1.29 is 24.2 Å². The van der Waals surface area contributed by atoms with Crippen molar-refractivity contribution in [1.29, 1.82) is 0 Å². The number of ether oxygens (including phenoxy) is 1. The molecule has 0 bridgehead atoms. The second-order valence-corrected chi connectivity index (χ2v) is 3.05. The van der Waals surface area contributed by atoms with Crippen molar-refractivity contribution in [2.75, 3.05) is 0 Å². The molecule has 1 unspecified atom stereocenters. The number of esters is 1. The number of aldehydes is 1. The van der Waals surface area contributed by atoms with Gasteiger partial charge < -0.3 is 9.84 Å². The Morgan fingerprint density at radius 1 is 1.47 bits per heavy atom. The Hall–Kier alpha value is -2.17. The molecule has 1 aromatic rings. The highest BCUT2D eigenvalue weighted by molar-refractivity contribution is 6.01. The number of hydrogen-bond acceptors (Lipinski definition) is 4. The molecule has 1 aliphatic heterocycles. The third-order valence-electron chi connectivity index (χ3n) is 2.20. The number of hydrogen-bond donors (Lipinski definition) is 1. The molecule has 76 valence electrons. The minimum atomic E-state index is -1.37. The van der Waals surface area contributed by atoms with Gasteiger partial charge >= 0.3 is 11.9 Å². The molecule has 1 aliphatic rings. The zero-order valence-corrected chi connectivity index (χ0v) is 7.47. The van der Waals surface area contributed by atoms with E-state index in [1.165, 1.54) is 18.2 Å². The van der Waals surface area contributed by atoms with E-state index in [1.54, 1.807) is 0 Å². The number of rotatable bonds is 2. The average molecular weight is 206 g/mol. The van der Waals surface area contributed by atoms with Crippen LogP contribution in [0.25, 0.3) is 0 Å². The highest BCUT2D eigenvalue weighted by Crippen LogP contribution is 2.32. The number of aliphatic carboxylic acids is 1. The molecule has 5 heteroatoms. The molecule has 0 amide bonds. The van der Waals surface area contributed by atoms with Crippen molar-refractivity contribution in [3.63, 3.8) is 0 Å². The Morgan fingerprint density at radius 3 is 2.80 bits per heavy atom. The van der Waals surface area contributed by atoms with Gasteiger partial charge in [0.15, 0.2) is 6.29 Å². The standard InChI is InChI=1S/C10H6O5/c11-4-5-2-1-3-6-7(5)8(9(12)13)15-10(6)14/h1-4,8H,(H,12,13). The molecule has 1 aromatic carbocycles. The van der Waals surface area contributed by atoms with Crippen LogP contribution < -0.4 is 0 Å². The molecule has 0 aromatic heterocycles. The first-order valence-corrected chi connectivity index (χ1v) is 4.17. The minimum absolute atomic E-state index is 0.144. The lowest BCUT2D eigenvalue weighted by Crippen LogP contribution is -2.12. The van der Waals surface area contributed by atoms with Gasteiger partial charge in [-0.05, 0) is 6.07 Å². The summed E-state index contributed by atoms with van der Waals surface area (Å²) in [5.41, 5.74) is 0.461. The van der Waals surface area contributed by atoms with Crippen molar-refractivity contribution in [2.45, 2.75) is 6.10 Å². The van der Waals surface area contributed by atoms with Gasteiger partial charge in [-0.3, -0.25) is 4.79 Å². The predicted octanol–water partition coefficient (Wildman–Crippen LogP) is 0.795. The first-order valence-electron chi connectivity index (χ1n) is 4.17. The van der Waals surface area contributed by atoms with Crippen LogP contribution in [0.5, 0.6) is 0 Å². The Kier molecular flexibility index (Phi) is 2.00. The van der Waals surface area contributed by atoms with Crippen LogP contribution in [-0.4, -0.2) is 23.3 Å². The molecule has 0 fully saturated rings. The van der Waals surface area contributed by atoms with E-state index in [4.69, 9.17) is 5.11 Å². The largest absolute Gasteiger partial charge is 0.478 e. The molecule has 1 N–H and O–H groups in total. The molecule has 1 heterocycles. The second-order valence-electron chi connectivity index (χ2n) is 3.05. The van der Waals surface area contributed by atoms with Crippen molar-refractivity contribution in [3.8, 4) is 0 Å². The molecular formula is C10H6O5. The molecule has 5 nitrogen and oxygen atoms in total. The molecule has 2 rings (SSSR count). The zero-order valence-electron chi connectivity index (χ0n) is 7.47. The third kappa shape index (κ3) is 1.28. The molecule has 0 aliphatic carbocycles. The topological polar surface area (TPSA) is 80.7 Å². The van der Waals surface area contributed by atoms with Crippen LogP contribution in [-0.2, 0) is 9.53 Å². The van der Waals surface area contributed by atoms with E-state index in [0.717, 1.165) is 0 Å². The van der Waals surface area contributed by atoms with Crippen LogP contribution in [0, 0.1) is 0 Å². The number of cyclic esters (lactones) is 1. The Labute approximate surface area is 84.3 Å². The summed E-state index contributed by atoms with van der Waals surface area (Å²) in [6, 6.07) is 4.39. The van der Waals surface area contributed by atoms with Crippen LogP contribution in [0.3, 0.4) is 0 Å². The number of carbonyl (C=O) groups excluding carboxylic acids is 2. The molecule has 0 saturated heterocycles. The van der Waals surface area contributed by atoms with Crippen molar-refractivity contribution in [1.82, 2.24) is 0 Å². The summed E-state index contributed by atoms with van der Waals surface area (Å²) >= 11 is 0. The van der Waals surface area contributed by atoms with Gasteiger partial charge in [0.05, 0.1) is 5.56 Å². The molecule has 0 radical (unpaired) electrons. The van der Waals surface area contributed by atoms with E-state index < -0.39 is 18.0 Å². The van der Waals surface area contributed by atoms with Gasteiger partial charge in [-0.1, -0.05) is 12.1 Å². The summed E-state index contributed by atoms with van der Waals surface area (Å²) in [4.78, 5) is 32.7. The summed E-state index contributed by atoms with van der Waals surface area (Å²) in [6.07, 6.45) is -0.856. The van der Waals surface area contributed by atoms with Gasteiger partial charge in [0.2, 0.25) is 6.10 Å². The highest BCUT2D eigenvalue weighted by atomic mass is 16.6. The van der Waals surface area contributed by atoms with E-state index in [1.807, 2.05) is 0 Å². The fourth-order valence-corrected chi connectivity index (χ4v) is 1.56. The van der Waals surface area contributed by atoms with Crippen LogP contribution in [0.2, 0.25) is 0 Å². The first-order chi connectivity index (χ1) is 7.15. The van der Waals surface area contributed by atoms with Gasteiger partial charge in [-0.2, -0.15) is 0 Å². The Bertz CT molecular complexity index is 463. The maximum atomic E-state index is 11.2. The van der Waals surface area contributed by atoms with Crippen molar-refractivity contribution >= 4 is 18.2 Å². The highest BCUT2D eigenvalue weighted by Gasteiger charge is 2.37. The number of carboxylic acid groups (broad SMARTS) is 1. The molecule has 1 atom stereocenters. The quantitative estimate of drug-likeness (QED) is 0.571. The number of carboxylic acids is 1. The summed E-state index contributed by atoms with van der Waals surface area (Å²) < 4.78 is 4.64. The van der Waals surface area contributed by atoms with Gasteiger partial charge in [0.25, 0.3) is 0 Å². The fraction of sp³-hybridized carbons (Fsp3) is 0.100. The summed E-state index contributed by atoms with van der Waals surface area (Å²) in [5, 5.41) is 8.80. The average Bonchev–Trinajstić information content (AvgIpc) is 2.56. The number of fused-ring (bicyclic) bond motifs is 1. The van der Waals surface area contributed by atoms with E-state index in [9.17, 15) is 14.4 Å². The zero-order chi connectivity index (χ0) is 11.0. The smallest absolute Gasteiger partial charge is 0.349 e. The SMILES string of the molecule is O=Cc1cccc2c1C(C(=O)O)OC2=O. The number of carbonyl (C=O) groups is 3. The fourth-order valence-electron chi connectivity index (χ4n) is 1.56. The van der Waals surface area contributed by atoms with Gasteiger partial charge in [0, 0.05) is 11.1 Å². The van der Waals surface area contributed by atoms with E-state index >= 15 is 0 Å². The van der Waals surface area contributed by atoms with Crippen LogP contribution in [0.4, 0.5) is 0 Å². The summed E-state index contributed by atoms with van der Waals surface area (Å²) in [7, 11) is 0. The van der Waals surface area contributed by atoms with Crippen LogP contribution in [0.15, 0.2) is 18.2 Å². The first kappa shape index (κ1) is 9.39. The lowest BCUT2D eigenvalue weighted by molar-refractivity contribution is -0.146. The summed E-state index contributed by atoms with van der Waals surface area (Å²) in [6.45, 7) is 0. The number of benzene rings is 1. The molecule has 0 spiro atoms. The normalized spacial score (nSPS) is 18.1. The molecule has 0 saturated carbocycles. The van der Waals surface area contributed by atoms with E-state index in [0.29, 0.717) is 6.29 Å². The lowest BCUT2D eigenvalue weighted by atomic mass is 9.99. The van der Waals surface area contributed by atoms with Crippen LogP contribution >= 0.6 is 0 Å². The third-order valence-corrected chi connectivity index (χ3v) is 2.20. The van der Waals surface area contributed by atoms with E-state index in [2.05, 4.69) is 4.74 Å². The Balaban J connectivity index is 2.66. The summed E-state index contributed by atoms with van der Waals surface area (Å²) in [5.74, 6) is -1.99. The minimum Gasteiger partial charge on any atom is -0.478 e. The monoisotopic (exact) mass is 206 g/mol. The van der Waals surface area contributed by atoms with Crippen molar-refractivity contribution in [3.05, 3.63) is 34.9 Å².